The van der Waals surface area contributed by atoms with E-state index in [-0.39, 0.29) is 11.8 Å². The van der Waals surface area contributed by atoms with Gasteiger partial charge in [-0.2, -0.15) is 0 Å². The van der Waals surface area contributed by atoms with Crippen molar-refractivity contribution in [3.05, 3.63) is 40.4 Å². The molecular formula is C27H40N6O6S. The molecule has 0 aliphatic heterocycles. The number of rotatable bonds is 9. The second kappa shape index (κ2) is 12.1. The number of amides is 4. The van der Waals surface area contributed by atoms with Crippen LogP contribution in [-0.4, -0.2) is 74.4 Å². The van der Waals surface area contributed by atoms with Gasteiger partial charge in [-0.05, 0) is 51.3 Å². The molecule has 0 spiro atoms. The van der Waals surface area contributed by atoms with E-state index in [9.17, 15) is 29.4 Å². The summed E-state index contributed by atoms with van der Waals surface area (Å²) in [4.78, 5) is 56.0. The van der Waals surface area contributed by atoms with E-state index in [2.05, 4.69) is 20.9 Å². The quantitative estimate of drug-likeness (QED) is 0.267. The van der Waals surface area contributed by atoms with E-state index in [4.69, 9.17) is 0 Å². The molecule has 4 amide bonds. The number of nitrogens with zero attached hydrogens (tertiary/aromatic N) is 3. The van der Waals surface area contributed by atoms with Gasteiger partial charge in [0.2, 0.25) is 11.7 Å². The summed E-state index contributed by atoms with van der Waals surface area (Å²) in [5.74, 6) is -2.19. The average molecular weight is 577 g/mol. The molecule has 2 aromatic rings. The summed E-state index contributed by atoms with van der Waals surface area (Å²) in [5.41, 5.74) is 0.130. The van der Waals surface area contributed by atoms with Crippen molar-refractivity contribution >= 4 is 46.2 Å². The number of thiazole rings is 1. The topological polar surface area (TPSA) is 164 Å². The van der Waals surface area contributed by atoms with E-state index in [0.717, 1.165) is 21.8 Å². The summed E-state index contributed by atoms with van der Waals surface area (Å²) in [6.07, 6.45) is -1.68. The first-order chi connectivity index (χ1) is 18.3. The number of benzene rings is 1. The van der Waals surface area contributed by atoms with Gasteiger partial charge in [-0.25, -0.2) is 14.6 Å². The Morgan fingerprint density at radius 3 is 1.95 bits per heavy atom. The van der Waals surface area contributed by atoms with Crippen LogP contribution in [0.25, 0.3) is 0 Å². The SMILES string of the molecule is CC(=O)Nc1nc(CCc2ccc(NC(NC(=O)O)(N(C(=O)O)C(C)(C)C)C(C)(C)C)cc2)c(C(=O)N(C)C)s1. The third-order valence-electron chi connectivity index (χ3n) is 6.08. The molecule has 1 atom stereocenters. The summed E-state index contributed by atoms with van der Waals surface area (Å²) >= 11 is 1.13. The molecule has 5 N–H and O–H groups in total. The number of aryl methyl sites for hydroxylation is 2. The van der Waals surface area contributed by atoms with Gasteiger partial charge < -0.3 is 25.7 Å². The third-order valence-corrected chi connectivity index (χ3v) is 7.08. The van der Waals surface area contributed by atoms with E-state index < -0.39 is 28.9 Å². The van der Waals surface area contributed by atoms with Crippen molar-refractivity contribution in [1.29, 1.82) is 0 Å². The second-order valence-electron chi connectivity index (χ2n) is 11.7. The molecule has 1 aromatic heterocycles. The molecule has 220 valence electrons. The Balaban J connectivity index is 2.39. The molecule has 40 heavy (non-hydrogen) atoms. The van der Waals surface area contributed by atoms with Crippen LogP contribution >= 0.6 is 11.3 Å². The molecule has 0 saturated carbocycles. The predicted molar refractivity (Wildman–Crippen MR) is 155 cm³/mol. The van der Waals surface area contributed by atoms with E-state index in [1.165, 1.54) is 11.8 Å². The number of carboxylic acid groups (broad SMARTS) is 2. The fourth-order valence-corrected chi connectivity index (χ4v) is 5.34. The van der Waals surface area contributed by atoms with Crippen LogP contribution in [0.15, 0.2) is 24.3 Å². The highest BCUT2D eigenvalue weighted by atomic mass is 32.1. The first-order valence-corrected chi connectivity index (χ1v) is 13.5. The Kier molecular flexibility index (Phi) is 9.79. The van der Waals surface area contributed by atoms with Crippen LogP contribution in [0, 0.1) is 5.41 Å². The van der Waals surface area contributed by atoms with Gasteiger partial charge >= 0.3 is 12.2 Å². The molecule has 13 heteroatoms. The zero-order valence-corrected chi connectivity index (χ0v) is 25.3. The first-order valence-electron chi connectivity index (χ1n) is 12.7. The number of carbonyl (C=O) groups excluding carboxylic acids is 2. The lowest BCUT2D eigenvalue weighted by atomic mass is 9.82. The number of hydrogen-bond acceptors (Lipinski definition) is 7. The van der Waals surface area contributed by atoms with Crippen molar-refractivity contribution in [2.75, 3.05) is 24.7 Å². The Bertz CT molecular complexity index is 1250. The number of carbonyl (C=O) groups is 4. The molecule has 0 aliphatic carbocycles. The van der Waals surface area contributed by atoms with Crippen LogP contribution in [0.1, 0.15) is 69.4 Å². The van der Waals surface area contributed by atoms with Crippen LogP contribution < -0.4 is 16.0 Å². The molecule has 2 rings (SSSR count). The van der Waals surface area contributed by atoms with Crippen LogP contribution in [0.4, 0.5) is 20.4 Å². The Hall–Kier alpha value is -3.87. The van der Waals surface area contributed by atoms with Crippen molar-refractivity contribution in [2.45, 2.75) is 72.6 Å². The monoisotopic (exact) mass is 576 g/mol. The van der Waals surface area contributed by atoms with Gasteiger partial charge in [-0.3, -0.25) is 19.8 Å². The van der Waals surface area contributed by atoms with Crippen molar-refractivity contribution in [2.24, 2.45) is 5.41 Å². The highest BCUT2D eigenvalue weighted by molar-refractivity contribution is 7.17. The molecule has 0 aliphatic rings. The van der Waals surface area contributed by atoms with Crippen molar-refractivity contribution < 1.29 is 29.4 Å². The zero-order valence-electron chi connectivity index (χ0n) is 24.5. The maximum atomic E-state index is 12.7. The second-order valence-corrected chi connectivity index (χ2v) is 12.7. The number of nitrogens with one attached hydrogen (secondary N) is 3. The average Bonchev–Trinajstić information content (AvgIpc) is 3.17. The molecule has 0 fully saturated rings. The van der Waals surface area contributed by atoms with E-state index in [0.29, 0.717) is 34.2 Å². The highest BCUT2D eigenvalue weighted by Crippen LogP contribution is 2.39. The minimum absolute atomic E-state index is 0.199. The van der Waals surface area contributed by atoms with Gasteiger partial charge in [0, 0.05) is 37.7 Å². The fourth-order valence-electron chi connectivity index (χ4n) is 4.26. The maximum Gasteiger partial charge on any atom is 0.411 e. The fraction of sp³-hybridized carbons (Fsp3) is 0.519. The Morgan fingerprint density at radius 2 is 1.52 bits per heavy atom. The summed E-state index contributed by atoms with van der Waals surface area (Å²) in [6.45, 7) is 11.7. The molecule has 0 saturated heterocycles. The Labute approximate surface area is 238 Å². The Morgan fingerprint density at radius 1 is 0.950 bits per heavy atom. The van der Waals surface area contributed by atoms with Gasteiger partial charge in [-0.15, -0.1) is 0 Å². The van der Waals surface area contributed by atoms with Crippen molar-refractivity contribution in [3.63, 3.8) is 0 Å². The van der Waals surface area contributed by atoms with E-state index in [1.54, 1.807) is 67.8 Å². The maximum absolute atomic E-state index is 12.7. The van der Waals surface area contributed by atoms with Gasteiger partial charge in [0.1, 0.15) is 4.88 Å². The smallest absolute Gasteiger partial charge is 0.411 e. The zero-order chi connectivity index (χ0) is 30.6. The number of aromatic nitrogens is 1. The minimum Gasteiger partial charge on any atom is -0.465 e. The van der Waals surface area contributed by atoms with Gasteiger partial charge in [0.25, 0.3) is 5.91 Å². The predicted octanol–water partition coefficient (Wildman–Crippen LogP) is 4.75. The van der Waals surface area contributed by atoms with Gasteiger partial charge in [-0.1, -0.05) is 44.2 Å². The summed E-state index contributed by atoms with van der Waals surface area (Å²) in [7, 11) is 3.30. The van der Waals surface area contributed by atoms with Crippen LogP contribution in [0.5, 0.6) is 0 Å². The lowest BCUT2D eigenvalue weighted by Crippen LogP contribution is -2.76. The first kappa shape index (κ1) is 32.3. The highest BCUT2D eigenvalue weighted by Gasteiger charge is 2.54. The number of anilines is 2. The number of hydrogen-bond donors (Lipinski definition) is 5. The minimum atomic E-state index is -1.72. The molecule has 1 heterocycles. The van der Waals surface area contributed by atoms with Crippen LogP contribution in [0.3, 0.4) is 0 Å². The molecule has 0 radical (unpaired) electrons. The molecule has 0 bridgehead atoms. The lowest BCUT2D eigenvalue weighted by molar-refractivity contribution is -0.114. The normalized spacial score (nSPS) is 13.1. The van der Waals surface area contributed by atoms with E-state index >= 15 is 0 Å². The molecular weight excluding hydrogens is 536 g/mol. The summed E-state index contributed by atoms with van der Waals surface area (Å²) in [5, 5.41) is 28.5. The van der Waals surface area contributed by atoms with Crippen LogP contribution in [0.2, 0.25) is 0 Å². The van der Waals surface area contributed by atoms with Gasteiger partial charge in [0.05, 0.1) is 5.69 Å². The van der Waals surface area contributed by atoms with Crippen LogP contribution in [-0.2, 0) is 17.6 Å². The molecule has 12 nitrogen and oxygen atoms in total. The van der Waals surface area contributed by atoms with Crippen molar-refractivity contribution in [1.82, 2.24) is 20.1 Å². The van der Waals surface area contributed by atoms with E-state index in [1.807, 2.05) is 12.1 Å². The standard InChI is InChI=1S/C27H40N6O6S/c1-16(34)28-22-29-19(20(40-22)21(35)32(8)9)15-12-17-10-13-18(14-11-17)30-27(25(2,3)4,31-23(36)37)33(24(38)39)26(5,6)7/h10-11,13-14,30-31H,12,15H2,1-9H3,(H,36,37)(H,38,39)(H,28,29,34). The summed E-state index contributed by atoms with van der Waals surface area (Å²) < 4.78 is 0. The third kappa shape index (κ3) is 7.62. The lowest BCUT2D eigenvalue weighted by Gasteiger charge is -2.55. The molecule has 1 unspecified atom stereocenters. The largest absolute Gasteiger partial charge is 0.465 e. The van der Waals surface area contributed by atoms with Crippen molar-refractivity contribution in [3.8, 4) is 0 Å². The van der Waals surface area contributed by atoms with Gasteiger partial charge in [0.15, 0.2) is 5.13 Å². The molecule has 1 aromatic carbocycles. The summed E-state index contributed by atoms with van der Waals surface area (Å²) in [6, 6.07) is 7.18.